The highest BCUT2D eigenvalue weighted by Gasteiger charge is 2.38. The normalized spacial score (nSPS) is 14.4. The SMILES string of the molecule is CC(C)C(=O)N(C)CCS(=O)(=O)O.CC(C)C(=O)NCC(CS(=O)(=O)O)c1ccc(Cl)cc1.CC(C)C(=O)NCCCP(=O)(O)O.CC(C)C(=O)NCCCS(=O)(=O)O.CC(C)C(=O)NCCCc1cccc2c(S(=O)(=O)O)cccc12.CC(C)C(=O)NCCP(=O)(O)O.CC(C)C(=O)NCCS(=O)(=O)O.CC(C)C(=O)NCC[N+](C)(C)C.CC(C)C(=O)NCC[N+]12CCN(CC1)CC2.CC(C)CNCC(O)C(=O)O. The number of hydrogen-bond acceptors (Lipinski definition) is 25. The highest BCUT2D eigenvalue weighted by molar-refractivity contribution is 7.86. The minimum atomic E-state index is -4.25. The van der Waals surface area contributed by atoms with Gasteiger partial charge in [-0.1, -0.05) is 193 Å². The van der Waals surface area contributed by atoms with E-state index in [2.05, 4.69) is 73.9 Å². The van der Waals surface area contributed by atoms with Gasteiger partial charge in [0, 0.05) is 149 Å². The number of hydrogen-bond donors (Lipinski definition) is 20. The van der Waals surface area contributed by atoms with E-state index in [-0.39, 0.29) is 175 Å². The molecule has 0 radical (unpaired) electrons. The number of benzene rings is 3. The smallest absolute Gasteiger partial charge is 0.333 e. The van der Waals surface area contributed by atoms with E-state index in [0.717, 1.165) is 54.6 Å². The minimum absolute atomic E-state index is 0.0237. The third-order valence-electron chi connectivity index (χ3n) is 20.2. The Bertz CT molecular complexity index is 5040. The maximum Gasteiger partial charge on any atom is 0.333 e. The van der Waals surface area contributed by atoms with Crippen molar-refractivity contribution < 1.29 is 161 Å². The van der Waals surface area contributed by atoms with Gasteiger partial charge in [0.15, 0.2) is 6.10 Å². The minimum Gasteiger partial charge on any atom is -0.479 e. The van der Waals surface area contributed by atoms with Gasteiger partial charge < -0.3 is 91.5 Å². The van der Waals surface area contributed by atoms with Crippen LogP contribution in [-0.2, 0) is 114 Å². The highest BCUT2D eigenvalue weighted by Crippen LogP contribution is 2.35. The average Bonchev–Trinajstić information content (AvgIpc) is 0.799. The molecule has 2 bridgehead atoms. The lowest BCUT2D eigenvalue weighted by molar-refractivity contribution is -0.939. The van der Waals surface area contributed by atoms with Crippen molar-refractivity contribution in [2.45, 2.75) is 181 Å². The maximum absolute atomic E-state index is 11.6. The number of halogens is 1. The summed E-state index contributed by atoms with van der Waals surface area (Å²) in [7, 11) is -20.2. The van der Waals surface area contributed by atoms with Gasteiger partial charge in [-0.15, -0.1) is 0 Å². The molecule has 3 fully saturated rings. The van der Waals surface area contributed by atoms with E-state index in [0.29, 0.717) is 47.8 Å². The summed E-state index contributed by atoms with van der Waals surface area (Å²) < 4.78 is 173. The van der Waals surface area contributed by atoms with Gasteiger partial charge in [0.25, 0.3) is 50.6 Å². The maximum atomic E-state index is 11.6. The molecule has 2 unspecified atom stereocenters. The van der Waals surface area contributed by atoms with Gasteiger partial charge >= 0.3 is 21.2 Å². The first-order valence-corrected chi connectivity index (χ1v) is 59.5. The zero-order valence-electron chi connectivity index (χ0n) is 88.7. The summed E-state index contributed by atoms with van der Waals surface area (Å²) in [5.74, 6) is -4.12. The molecule has 20 N–H and O–H groups in total. The molecule has 0 spiro atoms. The van der Waals surface area contributed by atoms with Gasteiger partial charge in [0.05, 0.1) is 102 Å². The van der Waals surface area contributed by atoms with Crippen LogP contribution in [0.4, 0.5) is 0 Å². The molecule has 844 valence electrons. The molecule has 54 heteroatoms. The number of aliphatic hydroxyl groups is 1. The number of aliphatic hydroxyl groups excluding tert-OH is 1. The Balaban J connectivity index is -0.000000506. The van der Waals surface area contributed by atoms with E-state index < -0.39 is 101 Å². The number of carbonyl (C=O) groups excluding carboxylic acids is 9. The second kappa shape index (κ2) is 73.7. The first-order valence-electron chi connectivity index (χ1n) is 47.6. The van der Waals surface area contributed by atoms with Crippen LogP contribution in [0.1, 0.15) is 175 Å². The molecule has 9 amide bonds. The molecule has 3 aliphatic heterocycles. The third-order valence-corrected chi connectivity index (χ3v) is 26.1. The van der Waals surface area contributed by atoms with E-state index in [4.69, 9.17) is 59.6 Å². The van der Waals surface area contributed by atoms with Crippen molar-refractivity contribution in [2.24, 2.45) is 59.2 Å². The molecule has 0 aromatic heterocycles. The van der Waals surface area contributed by atoms with Gasteiger partial charge in [-0.3, -0.25) is 79.9 Å². The van der Waals surface area contributed by atoms with Crippen molar-refractivity contribution in [3.8, 4) is 0 Å². The monoisotopic (exact) mass is 2230 g/mol. The number of rotatable bonds is 47. The summed E-state index contributed by atoms with van der Waals surface area (Å²) >= 11 is 5.78. The average molecular weight is 2230 g/mol. The van der Waals surface area contributed by atoms with Crippen molar-refractivity contribution >= 4 is 147 Å². The number of fused-ring (bicyclic) bond motifs is 4. The number of amides is 9. The number of aliphatic carboxylic acids is 1. The Morgan fingerprint density at radius 3 is 1.18 bits per heavy atom. The number of carboxylic acid groups (broad SMARTS) is 1. The molecule has 3 heterocycles. The lowest BCUT2D eigenvalue weighted by atomic mass is 10.0. The number of likely N-dealkylation sites (N-methyl/N-ethyl adjacent to an activating group) is 1. The fraction of sp³-hybridized carbons (Fsp3) is 0.714. The number of nitrogens with one attached hydrogen (secondary N) is 9. The summed E-state index contributed by atoms with van der Waals surface area (Å²) in [5, 5.41) is 43.1. The summed E-state index contributed by atoms with van der Waals surface area (Å²) in [4.78, 5) is 148. The first kappa shape index (κ1) is 146. The van der Waals surface area contributed by atoms with Crippen molar-refractivity contribution in [2.75, 3.05) is 188 Å². The number of piperazine rings is 3. The first-order chi connectivity index (χ1) is 66.0. The summed E-state index contributed by atoms with van der Waals surface area (Å²) in [6, 6.07) is 16.9. The van der Waals surface area contributed by atoms with Gasteiger partial charge in [0.2, 0.25) is 53.2 Å². The number of carboxylic acids is 1. The summed E-state index contributed by atoms with van der Waals surface area (Å²) in [5.41, 5.74) is 1.68. The molecule has 0 saturated carbocycles. The Hall–Kier alpha value is -7.44. The lowest BCUT2D eigenvalue weighted by Crippen LogP contribution is -2.68. The van der Waals surface area contributed by atoms with Crippen LogP contribution in [0.2, 0.25) is 5.02 Å². The number of quaternary nitrogens is 2. The zero-order chi connectivity index (χ0) is 114. The Morgan fingerprint density at radius 1 is 0.434 bits per heavy atom. The van der Waals surface area contributed by atoms with Crippen LogP contribution in [0.15, 0.2) is 65.6 Å². The van der Waals surface area contributed by atoms with E-state index in [1.807, 2.05) is 67.5 Å². The second-order valence-electron chi connectivity index (χ2n) is 38.6. The standard InChI is InChI=1S/C17H21NO4S.C13H18ClNO4S.C12H23N3O.C9H20N2O.C7H16NO4P.2C7H15NO4S.C7H15NO3.C6H14NO4P.C6H13NO4S/c1-12(2)17(19)18-11-5-7-13-6-3-9-15-14(13)8-4-10-16(15)23(20,21)22;1-9(2)13(16)15-7-11(8-20(17,18)19)10-3-5-12(14)6-4-10;1-11(2)12(16)13-3-7-15-8-4-14(5-9-15)6-10-15;1-8(2)9(12)10-6-7-11(3,4)5;1-6(2)7(9)8-4-3-5-13(10,11)12;1-6(2)7(9)8(3)4-5-13(10,11)12;1-6(2)7(9)8-4-3-5-13(10,11)12;1-5(2)3-8-4-6(9)7(10)11;2*1-5(2)6(8)7-3-4-12(9,10)11/h3-4,6,8-10,12H,5,7,11H2,1-2H3,(H,18,19)(H,20,21,22);3-6,9,11H,7-8H2,1-2H3,(H,15,16)(H,17,18,19);11H,3-10H2,1-2H3;8H,6-7H2,1-5H3;6H,3-5H2,1-2H3,(H,8,9)(H2,10,11,12);6H,4-5H2,1-3H3,(H,10,11,12);6H,3-5H2,1-2H3,(H,8,9)(H,10,11,12);5-6,8-9H,3-4H2,1-2H3,(H,10,11);5H,3-4H2,1-2H3,(H,7,8)(H2,9,10,11);5H,3-4H2,1-2H3,(H,7,8)(H,9,10,11)/p+2. The van der Waals surface area contributed by atoms with Crippen LogP contribution in [0.5, 0.6) is 0 Å². The quantitative estimate of drug-likeness (QED) is 0.0155. The van der Waals surface area contributed by atoms with Gasteiger partial charge in [0.1, 0.15) is 4.90 Å². The van der Waals surface area contributed by atoms with Gasteiger partial charge in [-0.2, -0.15) is 42.1 Å². The molecule has 3 aliphatic rings. The summed E-state index contributed by atoms with van der Waals surface area (Å²) in [6.45, 7) is 49.6. The van der Waals surface area contributed by atoms with Gasteiger partial charge in [-0.25, -0.2) is 4.79 Å². The molecule has 3 aromatic rings. The van der Waals surface area contributed by atoms with Crippen LogP contribution in [0, 0.1) is 59.2 Å². The lowest BCUT2D eigenvalue weighted by Gasteiger charge is -2.50. The van der Waals surface area contributed by atoms with Gasteiger partial charge in [-0.05, 0) is 72.9 Å². The molecule has 0 aliphatic carbocycles. The molecule has 3 saturated heterocycles. The van der Waals surface area contributed by atoms with Crippen molar-refractivity contribution in [3.05, 3.63) is 76.8 Å². The third kappa shape index (κ3) is 84.0. The predicted octanol–water partition coefficient (Wildman–Crippen LogP) is 4.86. The van der Waals surface area contributed by atoms with Crippen molar-refractivity contribution in [1.29, 1.82) is 0 Å². The van der Waals surface area contributed by atoms with Crippen LogP contribution in [0.3, 0.4) is 0 Å². The highest BCUT2D eigenvalue weighted by atomic mass is 35.5. The fourth-order valence-electron chi connectivity index (χ4n) is 11.4. The van der Waals surface area contributed by atoms with Crippen LogP contribution < -0.4 is 47.9 Å². The Morgan fingerprint density at radius 2 is 0.807 bits per heavy atom. The second-order valence-corrected chi connectivity index (χ2v) is 50.2. The topological polar surface area (TPSA) is 713 Å². The molecule has 46 nitrogen and oxygen atoms in total. The predicted molar refractivity (Wildman–Crippen MR) is 561 cm³/mol. The van der Waals surface area contributed by atoms with Crippen molar-refractivity contribution in [1.82, 2.24) is 57.7 Å². The van der Waals surface area contributed by atoms with Crippen molar-refractivity contribution in [3.63, 3.8) is 0 Å². The number of aryl methyl sites for hydroxylation is 1. The summed E-state index contributed by atoms with van der Waals surface area (Å²) in [6.07, 6.45) is 0.253. The Kier molecular flexibility index (Phi) is 74.2. The largest absolute Gasteiger partial charge is 0.479 e. The molecule has 145 heavy (non-hydrogen) atoms. The van der Waals surface area contributed by atoms with Crippen LogP contribution in [-0.4, -0.2) is 367 Å². The molecular weight excluding hydrogens is 2060 g/mol. The fourth-order valence-corrected chi connectivity index (χ4v) is 15.4. The molecule has 3 aromatic carbocycles. The van der Waals surface area contributed by atoms with E-state index in [1.54, 1.807) is 126 Å². The van der Waals surface area contributed by atoms with Crippen LogP contribution >= 0.6 is 26.8 Å². The van der Waals surface area contributed by atoms with Crippen LogP contribution in [0.25, 0.3) is 10.8 Å². The van der Waals surface area contributed by atoms with E-state index >= 15 is 0 Å². The zero-order valence-corrected chi connectivity index (χ0v) is 95.3. The number of nitrogens with zero attached hydrogens (tertiary/aromatic N) is 4. The molecular formula is C91H172ClN13O33P2S5+2. The molecule has 6 rings (SSSR count). The Labute approximate surface area is 865 Å². The molecule has 2 atom stereocenters. The van der Waals surface area contributed by atoms with E-state index in [1.165, 1.54) is 61.8 Å². The number of carbonyl (C=O) groups is 10. The van der Waals surface area contributed by atoms with E-state index in [9.17, 15) is 104 Å².